The minimum Gasteiger partial charge on any atom is -0.353 e. The molecule has 2 aromatic carbocycles. The minimum atomic E-state index is -0.355. The molecule has 1 amide bonds. The number of nitrogens with zero attached hydrogens (tertiary/aromatic N) is 1. The number of thioether (sulfide) groups is 1. The fraction of sp³-hybridized carbons (Fsp3) is 0.364. The summed E-state index contributed by atoms with van der Waals surface area (Å²) in [7, 11) is 0. The molecule has 0 spiro atoms. The third-order valence-corrected chi connectivity index (χ3v) is 6.23. The number of Topliss-reactive ketones (excluding diaryl/α,β-unsaturated/α-hetero) is 1. The van der Waals surface area contributed by atoms with E-state index in [9.17, 15) is 14.0 Å². The SMILES string of the molecule is O=C(CSCC(=O)c1ccccc1)NCC(c1c(F)cccc1Cl)N1CCCC1. The number of carbonyl (C=O) groups is 2. The van der Waals surface area contributed by atoms with Crippen molar-refractivity contribution in [3.8, 4) is 0 Å². The van der Waals surface area contributed by atoms with Crippen LogP contribution in [0.5, 0.6) is 0 Å². The molecule has 29 heavy (non-hydrogen) atoms. The van der Waals surface area contributed by atoms with Crippen LogP contribution in [0.1, 0.15) is 34.8 Å². The molecule has 7 heteroatoms. The zero-order chi connectivity index (χ0) is 20.6. The number of nitrogens with one attached hydrogen (secondary N) is 1. The first kappa shape index (κ1) is 21.8. The summed E-state index contributed by atoms with van der Waals surface area (Å²) in [6.45, 7) is 1.99. The predicted octanol–water partition coefficient (Wildman–Crippen LogP) is 4.35. The molecule has 1 aliphatic rings. The van der Waals surface area contributed by atoms with Crippen LogP contribution in [0.15, 0.2) is 48.5 Å². The summed E-state index contributed by atoms with van der Waals surface area (Å²) in [6.07, 6.45) is 2.10. The standard InChI is InChI=1S/C22H24ClFN2O2S/c23-17-9-6-10-18(24)22(17)19(26-11-4-5-12-26)13-25-21(28)15-29-14-20(27)16-7-2-1-3-8-16/h1-3,6-10,19H,4-5,11-15H2,(H,25,28). The molecule has 1 unspecified atom stereocenters. The number of carbonyl (C=O) groups excluding carboxylic acids is 2. The van der Waals surface area contributed by atoms with Gasteiger partial charge in [0.15, 0.2) is 5.78 Å². The third-order valence-electron chi connectivity index (χ3n) is 4.97. The maximum Gasteiger partial charge on any atom is 0.230 e. The number of hydrogen-bond acceptors (Lipinski definition) is 4. The molecule has 0 aliphatic carbocycles. The fourth-order valence-corrected chi connectivity index (χ4v) is 4.53. The second-order valence-corrected chi connectivity index (χ2v) is 8.37. The first-order valence-electron chi connectivity index (χ1n) is 9.67. The van der Waals surface area contributed by atoms with Crippen molar-refractivity contribution in [3.63, 3.8) is 0 Å². The number of halogens is 2. The van der Waals surface area contributed by atoms with E-state index < -0.39 is 0 Å². The smallest absolute Gasteiger partial charge is 0.230 e. The van der Waals surface area contributed by atoms with Crippen LogP contribution in [0.2, 0.25) is 5.02 Å². The molecule has 1 atom stereocenters. The summed E-state index contributed by atoms with van der Waals surface area (Å²) in [5, 5.41) is 3.26. The molecule has 1 aliphatic heterocycles. The number of ketones is 1. The lowest BCUT2D eigenvalue weighted by Crippen LogP contribution is -2.38. The Kier molecular flexibility index (Phi) is 8.09. The maximum atomic E-state index is 14.5. The molecule has 2 aromatic rings. The molecule has 0 aromatic heterocycles. The second kappa shape index (κ2) is 10.8. The lowest BCUT2D eigenvalue weighted by atomic mass is 10.0. The monoisotopic (exact) mass is 434 g/mol. The van der Waals surface area contributed by atoms with Crippen molar-refractivity contribution in [1.29, 1.82) is 0 Å². The van der Waals surface area contributed by atoms with Crippen LogP contribution in [0, 0.1) is 5.82 Å². The van der Waals surface area contributed by atoms with E-state index in [1.54, 1.807) is 24.3 Å². The van der Waals surface area contributed by atoms with Gasteiger partial charge in [-0.1, -0.05) is 48.0 Å². The summed E-state index contributed by atoms with van der Waals surface area (Å²) in [5.74, 6) is -0.113. The molecular formula is C22H24ClFN2O2S. The quantitative estimate of drug-likeness (QED) is 0.596. The summed E-state index contributed by atoms with van der Waals surface area (Å²) in [5.41, 5.74) is 1.08. The van der Waals surface area contributed by atoms with E-state index in [0.717, 1.165) is 25.9 Å². The van der Waals surface area contributed by atoms with E-state index in [1.165, 1.54) is 17.8 Å². The minimum absolute atomic E-state index is 0.00326. The molecule has 154 valence electrons. The van der Waals surface area contributed by atoms with E-state index in [0.29, 0.717) is 16.1 Å². The first-order chi connectivity index (χ1) is 14.1. The van der Waals surface area contributed by atoms with E-state index in [2.05, 4.69) is 10.2 Å². The Bertz CT molecular complexity index is 824. The van der Waals surface area contributed by atoms with Gasteiger partial charge < -0.3 is 5.32 Å². The molecule has 0 bridgehead atoms. The van der Waals surface area contributed by atoms with Gasteiger partial charge in [-0.25, -0.2) is 4.39 Å². The fourth-order valence-electron chi connectivity index (χ4n) is 3.50. The van der Waals surface area contributed by atoms with Crippen molar-refractivity contribution in [1.82, 2.24) is 10.2 Å². The predicted molar refractivity (Wildman–Crippen MR) is 116 cm³/mol. The number of amides is 1. The lowest BCUT2D eigenvalue weighted by Gasteiger charge is -2.29. The van der Waals surface area contributed by atoms with Gasteiger partial charge in [0.1, 0.15) is 5.82 Å². The second-order valence-electron chi connectivity index (χ2n) is 6.98. The van der Waals surface area contributed by atoms with Crippen molar-refractivity contribution < 1.29 is 14.0 Å². The Morgan fingerprint density at radius 1 is 1.07 bits per heavy atom. The van der Waals surface area contributed by atoms with Gasteiger partial charge in [-0.2, -0.15) is 0 Å². The van der Waals surface area contributed by atoms with E-state index in [1.807, 2.05) is 18.2 Å². The van der Waals surface area contributed by atoms with Crippen LogP contribution in [-0.4, -0.2) is 47.7 Å². The topological polar surface area (TPSA) is 49.4 Å². The molecule has 1 saturated heterocycles. The highest BCUT2D eigenvalue weighted by atomic mass is 35.5. The number of likely N-dealkylation sites (tertiary alicyclic amines) is 1. The number of hydrogen-bond donors (Lipinski definition) is 1. The Morgan fingerprint density at radius 2 is 1.79 bits per heavy atom. The van der Waals surface area contributed by atoms with Crippen LogP contribution in [-0.2, 0) is 4.79 Å². The summed E-state index contributed by atoms with van der Waals surface area (Å²) in [4.78, 5) is 26.6. The zero-order valence-electron chi connectivity index (χ0n) is 16.1. The highest BCUT2D eigenvalue weighted by molar-refractivity contribution is 8.00. The normalized spacial score (nSPS) is 15.2. The maximum absolute atomic E-state index is 14.5. The Morgan fingerprint density at radius 3 is 2.48 bits per heavy atom. The molecule has 1 fully saturated rings. The molecule has 1 N–H and O–H groups in total. The van der Waals surface area contributed by atoms with Crippen molar-refractivity contribution in [2.45, 2.75) is 18.9 Å². The highest BCUT2D eigenvalue weighted by Crippen LogP contribution is 2.31. The van der Waals surface area contributed by atoms with Crippen LogP contribution in [0.3, 0.4) is 0 Å². The van der Waals surface area contributed by atoms with Gasteiger partial charge in [0.05, 0.1) is 17.5 Å². The summed E-state index contributed by atoms with van der Waals surface area (Å²) in [6, 6.07) is 13.4. The van der Waals surface area contributed by atoms with Crippen molar-refractivity contribution in [2.75, 3.05) is 31.1 Å². The molecule has 4 nitrogen and oxygen atoms in total. The van der Waals surface area contributed by atoms with E-state index >= 15 is 0 Å². The molecule has 1 heterocycles. The Labute approximate surface area is 179 Å². The van der Waals surface area contributed by atoms with E-state index in [-0.39, 0.29) is 41.6 Å². The third kappa shape index (κ3) is 6.04. The van der Waals surface area contributed by atoms with Gasteiger partial charge in [0, 0.05) is 22.7 Å². The summed E-state index contributed by atoms with van der Waals surface area (Å²) < 4.78 is 14.5. The average molecular weight is 435 g/mol. The number of rotatable bonds is 9. The van der Waals surface area contributed by atoms with Gasteiger partial charge in [-0.15, -0.1) is 11.8 Å². The van der Waals surface area contributed by atoms with Crippen molar-refractivity contribution in [2.24, 2.45) is 0 Å². The molecule has 3 rings (SSSR count). The first-order valence-corrected chi connectivity index (χ1v) is 11.2. The molecule has 0 saturated carbocycles. The van der Waals surface area contributed by atoms with Crippen LogP contribution < -0.4 is 5.32 Å². The summed E-state index contributed by atoms with van der Waals surface area (Å²) >= 11 is 7.55. The van der Waals surface area contributed by atoms with Gasteiger partial charge >= 0.3 is 0 Å². The average Bonchev–Trinajstić information content (AvgIpc) is 3.25. The van der Waals surface area contributed by atoms with Crippen LogP contribution in [0.25, 0.3) is 0 Å². The molecular weight excluding hydrogens is 411 g/mol. The molecule has 0 radical (unpaired) electrons. The van der Waals surface area contributed by atoms with E-state index in [4.69, 9.17) is 11.6 Å². The Balaban J connectivity index is 1.54. The van der Waals surface area contributed by atoms with Crippen LogP contribution in [0.4, 0.5) is 4.39 Å². The largest absolute Gasteiger partial charge is 0.353 e. The highest BCUT2D eigenvalue weighted by Gasteiger charge is 2.28. The van der Waals surface area contributed by atoms with Gasteiger partial charge in [0.25, 0.3) is 0 Å². The van der Waals surface area contributed by atoms with Crippen molar-refractivity contribution >= 4 is 35.1 Å². The van der Waals surface area contributed by atoms with Gasteiger partial charge in [0.2, 0.25) is 5.91 Å². The van der Waals surface area contributed by atoms with Gasteiger partial charge in [-0.3, -0.25) is 14.5 Å². The van der Waals surface area contributed by atoms with Crippen molar-refractivity contribution in [3.05, 3.63) is 70.5 Å². The number of benzene rings is 2. The Hall–Kier alpha value is -1.89. The zero-order valence-corrected chi connectivity index (χ0v) is 17.6. The van der Waals surface area contributed by atoms with Crippen LogP contribution >= 0.6 is 23.4 Å². The lowest BCUT2D eigenvalue weighted by molar-refractivity contribution is -0.118. The van der Waals surface area contributed by atoms with Gasteiger partial charge in [-0.05, 0) is 38.1 Å².